The van der Waals surface area contributed by atoms with E-state index in [1.165, 1.54) is 6.07 Å². The van der Waals surface area contributed by atoms with Crippen molar-refractivity contribution in [2.45, 2.75) is 24.3 Å². The van der Waals surface area contributed by atoms with Crippen molar-refractivity contribution in [3.8, 4) is 5.88 Å². The Morgan fingerprint density at radius 2 is 1.69 bits per heavy atom. The molecule has 1 aliphatic heterocycles. The summed E-state index contributed by atoms with van der Waals surface area (Å²) in [6, 6.07) is 15.8. The number of nitrogens with zero attached hydrogens (tertiary/aromatic N) is 1. The van der Waals surface area contributed by atoms with Crippen LogP contribution in [-0.4, -0.2) is 31.2 Å². The van der Waals surface area contributed by atoms with Gasteiger partial charge in [0, 0.05) is 23.4 Å². The molecule has 1 aromatic heterocycles. The van der Waals surface area contributed by atoms with E-state index >= 15 is 0 Å². The van der Waals surface area contributed by atoms with Crippen LogP contribution in [0.2, 0.25) is 0 Å². The number of aromatic nitrogens is 1. The Bertz CT molecular complexity index is 1270. The topological polar surface area (TPSA) is 82.6 Å². The Hall–Kier alpha value is -3.19. The van der Waals surface area contributed by atoms with Gasteiger partial charge in [0.1, 0.15) is 5.60 Å². The number of cyclic esters (lactones) is 1. The minimum absolute atomic E-state index is 0.0602. The van der Waals surface area contributed by atoms with E-state index in [1.54, 1.807) is 38.2 Å². The van der Waals surface area contributed by atoms with E-state index in [0.717, 1.165) is 17.0 Å². The van der Waals surface area contributed by atoms with Crippen molar-refractivity contribution >= 4 is 32.2 Å². The van der Waals surface area contributed by atoms with E-state index in [2.05, 4.69) is 4.98 Å². The molecule has 0 amide bonds. The van der Waals surface area contributed by atoms with E-state index in [0.29, 0.717) is 11.1 Å². The molecule has 0 saturated heterocycles. The summed E-state index contributed by atoms with van der Waals surface area (Å²) in [5.41, 5.74) is -0.322. The summed E-state index contributed by atoms with van der Waals surface area (Å²) < 4.78 is 36.2. The van der Waals surface area contributed by atoms with Crippen LogP contribution in [0.1, 0.15) is 19.4 Å². The Kier molecular flexibility index (Phi) is 4.42. The number of sulfone groups is 1. The first-order valence-electron chi connectivity index (χ1n) is 8.97. The van der Waals surface area contributed by atoms with Gasteiger partial charge in [0.15, 0.2) is 9.84 Å². The Morgan fingerprint density at radius 1 is 1.00 bits per heavy atom. The number of hydrogen-bond acceptors (Lipinski definition) is 6. The highest BCUT2D eigenvalue weighted by Crippen LogP contribution is 2.42. The van der Waals surface area contributed by atoms with Gasteiger partial charge in [-0.1, -0.05) is 36.4 Å². The van der Waals surface area contributed by atoms with Gasteiger partial charge in [-0.3, -0.25) is 0 Å². The fourth-order valence-electron chi connectivity index (χ4n) is 3.51. The zero-order chi connectivity index (χ0) is 20.8. The molecule has 0 bridgehead atoms. The van der Waals surface area contributed by atoms with Gasteiger partial charge < -0.3 is 9.47 Å². The molecule has 1 aliphatic rings. The molecule has 0 N–H and O–H groups in total. The van der Waals surface area contributed by atoms with Crippen LogP contribution >= 0.6 is 0 Å². The smallest absolute Gasteiger partial charge is 0.375 e. The number of carbonyl (C=O) groups excluding carboxylic acids is 1. The van der Waals surface area contributed by atoms with E-state index in [-0.39, 0.29) is 16.5 Å². The van der Waals surface area contributed by atoms with Crippen molar-refractivity contribution < 1.29 is 22.7 Å². The summed E-state index contributed by atoms with van der Waals surface area (Å²) in [5, 5.41) is 1.64. The van der Waals surface area contributed by atoms with Gasteiger partial charge in [-0.05, 0) is 37.4 Å². The molecule has 7 heteroatoms. The summed E-state index contributed by atoms with van der Waals surface area (Å²) in [6.45, 7) is 3.40. The molecule has 0 fully saturated rings. The molecule has 6 nitrogen and oxygen atoms in total. The first-order valence-corrected chi connectivity index (χ1v) is 10.9. The molecule has 0 unspecified atom stereocenters. The molecule has 0 radical (unpaired) electrons. The van der Waals surface area contributed by atoms with Crippen molar-refractivity contribution in [1.82, 2.24) is 4.98 Å². The normalized spacial score (nSPS) is 16.2. The number of pyridine rings is 1. The van der Waals surface area contributed by atoms with Gasteiger partial charge in [0.25, 0.3) is 0 Å². The lowest BCUT2D eigenvalue weighted by Crippen LogP contribution is -2.23. The molecule has 0 saturated carbocycles. The van der Waals surface area contributed by atoms with E-state index in [1.807, 2.05) is 30.3 Å². The fourth-order valence-corrected chi connectivity index (χ4v) is 4.41. The van der Waals surface area contributed by atoms with Crippen molar-refractivity contribution in [2.75, 3.05) is 6.26 Å². The Labute approximate surface area is 168 Å². The van der Waals surface area contributed by atoms with Crippen molar-refractivity contribution in [2.24, 2.45) is 0 Å². The SMILES string of the molecule is CC1(C)OC(=O)C(Oc2nccc3ccccc23)=C1c1ccccc1S(C)(=O)=O. The molecule has 29 heavy (non-hydrogen) atoms. The monoisotopic (exact) mass is 409 g/mol. The predicted octanol–water partition coefficient (Wildman–Crippen LogP) is 3.76. The average Bonchev–Trinajstić information content (AvgIpc) is 2.89. The molecule has 2 aromatic carbocycles. The summed E-state index contributed by atoms with van der Waals surface area (Å²) >= 11 is 0. The van der Waals surface area contributed by atoms with Crippen molar-refractivity contribution in [3.05, 3.63) is 72.1 Å². The van der Waals surface area contributed by atoms with Gasteiger partial charge >= 0.3 is 5.97 Å². The fraction of sp³-hybridized carbons (Fsp3) is 0.182. The number of rotatable bonds is 4. The minimum Gasteiger partial charge on any atom is -0.449 e. The quantitative estimate of drug-likeness (QED) is 0.610. The minimum atomic E-state index is -3.54. The molecule has 2 heterocycles. The van der Waals surface area contributed by atoms with Crippen LogP contribution in [0, 0.1) is 0 Å². The number of fused-ring (bicyclic) bond motifs is 1. The zero-order valence-electron chi connectivity index (χ0n) is 16.2. The van der Waals surface area contributed by atoms with Crippen LogP contribution in [0.15, 0.2) is 71.4 Å². The summed E-state index contributed by atoms with van der Waals surface area (Å²) in [4.78, 5) is 17.1. The average molecular weight is 409 g/mol. The maximum Gasteiger partial charge on any atom is 0.375 e. The number of hydrogen-bond donors (Lipinski definition) is 0. The molecular weight excluding hydrogens is 390 g/mol. The second kappa shape index (κ2) is 6.70. The van der Waals surface area contributed by atoms with Gasteiger partial charge in [-0.15, -0.1) is 0 Å². The lowest BCUT2D eigenvalue weighted by Gasteiger charge is -2.22. The number of carbonyl (C=O) groups is 1. The number of ether oxygens (including phenoxy) is 2. The number of benzene rings is 2. The molecule has 3 aromatic rings. The van der Waals surface area contributed by atoms with E-state index in [9.17, 15) is 13.2 Å². The lowest BCUT2D eigenvalue weighted by molar-refractivity contribution is -0.145. The Morgan fingerprint density at radius 3 is 2.45 bits per heavy atom. The predicted molar refractivity (Wildman–Crippen MR) is 109 cm³/mol. The lowest BCUT2D eigenvalue weighted by atomic mass is 9.91. The van der Waals surface area contributed by atoms with Crippen LogP contribution in [0.5, 0.6) is 5.88 Å². The molecule has 0 aliphatic carbocycles. The zero-order valence-corrected chi connectivity index (χ0v) is 17.0. The van der Waals surface area contributed by atoms with E-state index < -0.39 is 21.4 Å². The summed E-state index contributed by atoms with van der Waals surface area (Å²) in [5.74, 6) is -0.472. The summed E-state index contributed by atoms with van der Waals surface area (Å²) in [6.07, 6.45) is 2.72. The number of esters is 1. The highest BCUT2D eigenvalue weighted by atomic mass is 32.2. The third kappa shape index (κ3) is 3.38. The molecule has 148 valence electrons. The highest BCUT2D eigenvalue weighted by Gasteiger charge is 2.44. The van der Waals surface area contributed by atoms with Crippen molar-refractivity contribution in [3.63, 3.8) is 0 Å². The van der Waals surface area contributed by atoms with Gasteiger partial charge in [-0.2, -0.15) is 0 Å². The van der Waals surface area contributed by atoms with Crippen LogP contribution in [0.4, 0.5) is 0 Å². The first-order chi connectivity index (χ1) is 13.7. The van der Waals surface area contributed by atoms with Gasteiger partial charge in [0.2, 0.25) is 11.6 Å². The first kappa shape index (κ1) is 19.1. The second-order valence-electron chi connectivity index (χ2n) is 7.31. The summed E-state index contributed by atoms with van der Waals surface area (Å²) in [7, 11) is -3.54. The van der Waals surface area contributed by atoms with Crippen LogP contribution < -0.4 is 4.74 Å². The Balaban J connectivity index is 1.96. The largest absolute Gasteiger partial charge is 0.449 e. The van der Waals surface area contributed by atoms with Gasteiger partial charge in [0.05, 0.1) is 10.5 Å². The van der Waals surface area contributed by atoms with Crippen LogP contribution in [0.25, 0.3) is 16.3 Å². The van der Waals surface area contributed by atoms with Crippen LogP contribution in [-0.2, 0) is 19.4 Å². The van der Waals surface area contributed by atoms with Gasteiger partial charge in [-0.25, -0.2) is 18.2 Å². The standard InChI is InChI=1S/C22H19NO5S/c1-22(2)18(16-10-6-7-11-17(16)29(3,25)26)19(21(24)28-22)27-20-15-9-5-4-8-14(15)12-13-23-20/h4-13H,1-3H3. The molecule has 0 spiro atoms. The second-order valence-corrected chi connectivity index (χ2v) is 9.30. The third-order valence-corrected chi connectivity index (χ3v) is 5.91. The third-order valence-electron chi connectivity index (χ3n) is 4.75. The maximum absolute atomic E-state index is 12.7. The van der Waals surface area contributed by atoms with E-state index in [4.69, 9.17) is 9.47 Å². The molecule has 4 rings (SSSR count). The maximum atomic E-state index is 12.7. The molecular formula is C22H19NO5S. The van der Waals surface area contributed by atoms with Crippen LogP contribution in [0.3, 0.4) is 0 Å². The highest BCUT2D eigenvalue weighted by molar-refractivity contribution is 7.90. The molecule has 0 atom stereocenters. The van der Waals surface area contributed by atoms with Crippen molar-refractivity contribution in [1.29, 1.82) is 0 Å².